The molecule has 0 spiro atoms. The number of nitrogens with zero attached hydrogens (tertiary/aromatic N) is 1. The summed E-state index contributed by atoms with van der Waals surface area (Å²) in [5.41, 5.74) is 8.22. The molecule has 2 aliphatic rings. The Morgan fingerprint density at radius 2 is 2.00 bits per heavy atom. The summed E-state index contributed by atoms with van der Waals surface area (Å²) in [6.07, 6.45) is 0. The van der Waals surface area contributed by atoms with E-state index in [9.17, 15) is 9.59 Å². The fourth-order valence-electron chi connectivity index (χ4n) is 3.34. The zero-order chi connectivity index (χ0) is 22.0. The summed E-state index contributed by atoms with van der Waals surface area (Å²) in [6, 6.07) is 14.7. The van der Waals surface area contributed by atoms with Crippen LogP contribution in [0.5, 0.6) is 5.75 Å². The van der Waals surface area contributed by atoms with Crippen molar-refractivity contribution in [1.29, 1.82) is 0 Å². The zero-order valence-electron chi connectivity index (χ0n) is 16.7. The molecule has 1 fully saturated rings. The third-order valence-electron chi connectivity index (χ3n) is 5.05. The van der Waals surface area contributed by atoms with Crippen molar-refractivity contribution < 1.29 is 19.1 Å². The second-order valence-electron chi connectivity index (χ2n) is 6.97. The fraction of sp³-hybridized carbons (Fsp3) is 0.273. The highest BCUT2D eigenvalue weighted by Crippen LogP contribution is 2.45. The number of β-lactam (4-membered cyclic amide) rings is 1. The van der Waals surface area contributed by atoms with Crippen molar-refractivity contribution in [3.8, 4) is 5.75 Å². The Labute approximate surface area is 197 Å². The van der Waals surface area contributed by atoms with Gasteiger partial charge in [0.2, 0.25) is 5.91 Å². The number of hydrogen-bond acceptors (Lipinski definition) is 7. The Balaban J connectivity index is 1.59. The standard InChI is InChI=1S/C22H21BrN2O4S2/c1-28-15-8-6-13(7-9-15)11-29-22(27)19-17(12-30-21-18(24)20(26)25(19)21)31-16-5-3-2-4-14(16)10-23/h2-9,18,21H,10-12,24H2,1H3/t18-,21+/m1/s1. The first kappa shape index (κ1) is 22.3. The summed E-state index contributed by atoms with van der Waals surface area (Å²) in [4.78, 5) is 28.9. The van der Waals surface area contributed by atoms with E-state index in [-0.39, 0.29) is 17.9 Å². The zero-order valence-corrected chi connectivity index (χ0v) is 20.0. The van der Waals surface area contributed by atoms with Crippen LogP contribution in [-0.2, 0) is 26.3 Å². The summed E-state index contributed by atoms with van der Waals surface area (Å²) in [5, 5.41) is 0.469. The molecule has 0 radical (unpaired) electrons. The molecule has 9 heteroatoms. The monoisotopic (exact) mass is 520 g/mol. The Hall–Kier alpha value is -1.94. The maximum Gasteiger partial charge on any atom is 0.356 e. The minimum atomic E-state index is -0.587. The van der Waals surface area contributed by atoms with Gasteiger partial charge in [0.25, 0.3) is 0 Å². The Kier molecular flexibility index (Phi) is 6.95. The molecule has 2 N–H and O–H groups in total. The first-order valence-electron chi connectivity index (χ1n) is 9.58. The molecule has 4 rings (SSSR count). The molecule has 162 valence electrons. The highest BCUT2D eigenvalue weighted by atomic mass is 79.9. The number of methoxy groups -OCH3 is 1. The van der Waals surface area contributed by atoms with Gasteiger partial charge in [0.1, 0.15) is 29.5 Å². The van der Waals surface area contributed by atoms with Gasteiger partial charge in [-0.05, 0) is 29.3 Å². The molecule has 0 aromatic heterocycles. The predicted octanol–water partition coefficient (Wildman–Crippen LogP) is 3.88. The fourth-order valence-corrected chi connectivity index (χ4v) is 6.56. The van der Waals surface area contributed by atoms with Crippen molar-refractivity contribution in [3.63, 3.8) is 0 Å². The van der Waals surface area contributed by atoms with Crippen LogP contribution >= 0.6 is 39.5 Å². The van der Waals surface area contributed by atoms with Crippen LogP contribution in [0.4, 0.5) is 0 Å². The van der Waals surface area contributed by atoms with E-state index < -0.39 is 12.0 Å². The summed E-state index contributed by atoms with van der Waals surface area (Å²) >= 11 is 6.58. The van der Waals surface area contributed by atoms with Crippen molar-refractivity contribution in [2.45, 2.75) is 28.2 Å². The van der Waals surface area contributed by atoms with E-state index in [4.69, 9.17) is 15.2 Å². The number of benzene rings is 2. The lowest BCUT2D eigenvalue weighted by Gasteiger charge is -2.48. The van der Waals surface area contributed by atoms with E-state index in [0.29, 0.717) is 16.8 Å². The maximum absolute atomic E-state index is 13.1. The molecule has 2 atom stereocenters. The van der Waals surface area contributed by atoms with Crippen molar-refractivity contribution in [2.24, 2.45) is 5.73 Å². The average Bonchev–Trinajstić information content (AvgIpc) is 2.82. The molecule has 6 nitrogen and oxygen atoms in total. The van der Waals surface area contributed by atoms with Gasteiger partial charge >= 0.3 is 5.97 Å². The molecule has 31 heavy (non-hydrogen) atoms. The first-order valence-corrected chi connectivity index (χ1v) is 12.6. The van der Waals surface area contributed by atoms with Gasteiger partial charge < -0.3 is 15.2 Å². The van der Waals surface area contributed by atoms with Crippen LogP contribution in [0.1, 0.15) is 11.1 Å². The molecule has 2 aromatic carbocycles. The van der Waals surface area contributed by atoms with Crippen molar-refractivity contribution >= 4 is 51.3 Å². The van der Waals surface area contributed by atoms with E-state index in [1.54, 1.807) is 18.9 Å². The quantitative estimate of drug-likeness (QED) is 0.337. The number of thioether (sulfide) groups is 2. The highest BCUT2D eigenvalue weighted by Gasteiger charge is 2.52. The number of carbonyl (C=O) groups excluding carboxylic acids is 2. The number of rotatable bonds is 7. The van der Waals surface area contributed by atoms with Crippen LogP contribution in [0.2, 0.25) is 0 Å². The minimum Gasteiger partial charge on any atom is -0.497 e. The number of carbonyl (C=O) groups is 2. The molecule has 2 heterocycles. The normalized spacial score (nSPS) is 20.2. The van der Waals surface area contributed by atoms with E-state index in [0.717, 1.165) is 26.7 Å². The molecule has 1 amide bonds. The van der Waals surface area contributed by atoms with E-state index >= 15 is 0 Å². The number of amides is 1. The van der Waals surface area contributed by atoms with Gasteiger partial charge in [-0.25, -0.2) is 4.79 Å². The molecular weight excluding hydrogens is 500 g/mol. The van der Waals surface area contributed by atoms with Crippen LogP contribution in [0, 0.1) is 0 Å². The third kappa shape index (κ3) is 4.50. The number of fused-ring (bicyclic) bond motifs is 1. The van der Waals surface area contributed by atoms with Gasteiger partial charge in [0.05, 0.1) is 7.11 Å². The number of esters is 1. The number of nitrogens with two attached hydrogens (primary N) is 1. The largest absolute Gasteiger partial charge is 0.497 e. The van der Waals surface area contributed by atoms with Gasteiger partial charge in [-0.2, -0.15) is 0 Å². The minimum absolute atomic E-state index is 0.105. The molecule has 0 aliphatic carbocycles. The summed E-state index contributed by atoms with van der Waals surface area (Å²) in [5.74, 6) is 0.561. The predicted molar refractivity (Wildman–Crippen MR) is 126 cm³/mol. The second-order valence-corrected chi connectivity index (χ2v) is 9.78. The van der Waals surface area contributed by atoms with Crippen LogP contribution in [-0.4, -0.2) is 41.1 Å². The second kappa shape index (κ2) is 9.68. The third-order valence-corrected chi connectivity index (χ3v) is 8.34. The van der Waals surface area contributed by atoms with Gasteiger partial charge in [0, 0.05) is 20.9 Å². The summed E-state index contributed by atoms with van der Waals surface area (Å²) in [7, 11) is 1.60. The molecule has 2 aliphatic heterocycles. The molecule has 1 saturated heterocycles. The number of halogens is 1. The van der Waals surface area contributed by atoms with E-state index in [1.165, 1.54) is 16.7 Å². The van der Waals surface area contributed by atoms with E-state index in [2.05, 4.69) is 15.9 Å². The van der Waals surface area contributed by atoms with E-state index in [1.807, 2.05) is 48.5 Å². The summed E-state index contributed by atoms with van der Waals surface area (Å²) in [6.45, 7) is 0.105. The van der Waals surface area contributed by atoms with Gasteiger partial charge in [0.15, 0.2) is 0 Å². The van der Waals surface area contributed by atoms with Crippen LogP contribution in [0.25, 0.3) is 0 Å². The average molecular weight is 521 g/mol. The van der Waals surface area contributed by atoms with Crippen molar-refractivity contribution in [1.82, 2.24) is 4.90 Å². The topological polar surface area (TPSA) is 81.9 Å². The number of alkyl halides is 1. The first-order chi connectivity index (χ1) is 15.0. The van der Waals surface area contributed by atoms with Gasteiger partial charge in [-0.1, -0.05) is 58.0 Å². The number of ether oxygens (including phenoxy) is 2. The lowest BCUT2D eigenvalue weighted by molar-refractivity contribution is -0.151. The van der Waals surface area contributed by atoms with Crippen LogP contribution in [0.15, 0.2) is 64.0 Å². The maximum atomic E-state index is 13.1. The van der Waals surface area contributed by atoms with Crippen LogP contribution in [0.3, 0.4) is 0 Å². The lowest BCUT2D eigenvalue weighted by Crippen LogP contribution is -2.68. The highest BCUT2D eigenvalue weighted by molar-refractivity contribution is 9.08. The molecule has 0 bridgehead atoms. The molecular formula is C22H21BrN2O4S2. The Morgan fingerprint density at radius 3 is 2.71 bits per heavy atom. The SMILES string of the molecule is COc1ccc(COC(=O)C2=C(Sc3ccccc3CBr)CS[C@H]3[C@H](N)C(=O)N23)cc1. The van der Waals surface area contributed by atoms with Gasteiger partial charge in [-0.3, -0.25) is 9.69 Å². The smallest absolute Gasteiger partial charge is 0.356 e. The van der Waals surface area contributed by atoms with Crippen molar-refractivity contribution in [2.75, 3.05) is 12.9 Å². The number of hydrogen-bond donors (Lipinski definition) is 1. The summed E-state index contributed by atoms with van der Waals surface area (Å²) < 4.78 is 10.8. The van der Waals surface area contributed by atoms with Crippen LogP contribution < -0.4 is 10.5 Å². The molecule has 0 unspecified atom stereocenters. The van der Waals surface area contributed by atoms with Crippen molar-refractivity contribution in [3.05, 3.63) is 70.3 Å². The Morgan fingerprint density at radius 1 is 1.26 bits per heavy atom. The lowest BCUT2D eigenvalue weighted by atomic mass is 10.1. The Bertz CT molecular complexity index is 1030. The molecule has 0 saturated carbocycles. The van der Waals surface area contributed by atoms with Gasteiger partial charge in [-0.15, -0.1) is 11.8 Å². The molecule has 2 aromatic rings.